The lowest BCUT2D eigenvalue weighted by Crippen LogP contribution is -2.07. The number of ether oxygens (including phenoxy) is 2. The van der Waals surface area contributed by atoms with Gasteiger partial charge in [0.2, 0.25) is 0 Å². The van der Waals surface area contributed by atoms with Crippen molar-refractivity contribution in [3.8, 4) is 11.5 Å². The van der Waals surface area contributed by atoms with Gasteiger partial charge >= 0.3 is 0 Å². The van der Waals surface area contributed by atoms with Gasteiger partial charge in [0, 0.05) is 5.56 Å². The molecular weight excluding hydrogens is 304 g/mol. The fourth-order valence-corrected chi connectivity index (χ4v) is 2.56. The Bertz CT molecular complexity index is 603. The van der Waals surface area contributed by atoms with Gasteiger partial charge < -0.3 is 9.47 Å². The Hall–Kier alpha value is -1.87. The van der Waals surface area contributed by atoms with Crippen LogP contribution in [0.3, 0.4) is 0 Å². The second-order valence-electron chi connectivity index (χ2n) is 5.45. The quantitative estimate of drug-likeness (QED) is 0.466. The highest BCUT2D eigenvalue weighted by Gasteiger charge is 2.05. The third kappa shape index (κ3) is 5.68. The summed E-state index contributed by atoms with van der Waals surface area (Å²) in [4.78, 5) is 0. The minimum absolute atomic E-state index is 0.495. The average molecular weight is 328 g/mol. The maximum absolute atomic E-state index is 5.75. The molecule has 0 amide bonds. The summed E-state index contributed by atoms with van der Waals surface area (Å²) in [7, 11) is 0. The van der Waals surface area contributed by atoms with E-state index < -0.39 is 0 Å². The van der Waals surface area contributed by atoms with Crippen LogP contribution in [0.5, 0.6) is 11.5 Å². The highest BCUT2D eigenvalue weighted by atomic mass is 32.1. The van der Waals surface area contributed by atoms with Gasteiger partial charge in [0.15, 0.2) is 5.05 Å². The van der Waals surface area contributed by atoms with Crippen molar-refractivity contribution in [3.05, 3.63) is 59.7 Å². The van der Waals surface area contributed by atoms with Crippen LogP contribution < -0.4 is 9.47 Å². The smallest absolute Gasteiger partial charge is 0.198 e. The Labute approximate surface area is 144 Å². The van der Waals surface area contributed by atoms with Gasteiger partial charge in [0.1, 0.15) is 11.5 Å². The maximum Gasteiger partial charge on any atom is 0.198 e. The zero-order valence-electron chi connectivity index (χ0n) is 13.9. The summed E-state index contributed by atoms with van der Waals surface area (Å²) in [5, 5.41) is 0.495. The molecule has 0 unspecified atom stereocenters. The molecule has 2 nitrogen and oxygen atoms in total. The SMILES string of the molecule is CCCCCc1ccc(C(=S)Oc2ccc(OCC)cc2)cc1. The highest BCUT2D eigenvalue weighted by Crippen LogP contribution is 2.19. The zero-order valence-corrected chi connectivity index (χ0v) is 14.7. The molecule has 0 aliphatic rings. The number of thiocarbonyl (C=S) groups is 1. The van der Waals surface area contributed by atoms with E-state index in [1.54, 1.807) is 0 Å². The lowest BCUT2D eigenvalue weighted by Gasteiger charge is -2.09. The number of benzene rings is 2. The Morgan fingerprint density at radius 2 is 1.52 bits per heavy atom. The molecule has 0 fully saturated rings. The minimum Gasteiger partial charge on any atom is -0.494 e. The molecule has 0 atom stereocenters. The van der Waals surface area contributed by atoms with E-state index in [0.29, 0.717) is 11.7 Å². The van der Waals surface area contributed by atoms with Gasteiger partial charge in [-0.15, -0.1) is 0 Å². The van der Waals surface area contributed by atoms with Gasteiger partial charge in [-0.3, -0.25) is 0 Å². The summed E-state index contributed by atoms with van der Waals surface area (Å²) < 4.78 is 11.2. The van der Waals surface area contributed by atoms with E-state index >= 15 is 0 Å². The molecule has 0 saturated carbocycles. The minimum atomic E-state index is 0.495. The van der Waals surface area contributed by atoms with Crippen molar-refractivity contribution >= 4 is 17.3 Å². The molecule has 0 radical (unpaired) electrons. The molecule has 0 N–H and O–H groups in total. The van der Waals surface area contributed by atoms with E-state index in [1.165, 1.54) is 24.8 Å². The van der Waals surface area contributed by atoms with Crippen LogP contribution in [-0.2, 0) is 6.42 Å². The summed E-state index contributed by atoms with van der Waals surface area (Å²) >= 11 is 5.38. The highest BCUT2D eigenvalue weighted by molar-refractivity contribution is 7.80. The van der Waals surface area contributed by atoms with Crippen molar-refractivity contribution in [2.45, 2.75) is 39.5 Å². The van der Waals surface area contributed by atoms with Gasteiger partial charge in [-0.25, -0.2) is 0 Å². The molecule has 2 aromatic carbocycles. The van der Waals surface area contributed by atoms with Gasteiger partial charge in [0.25, 0.3) is 0 Å². The van der Waals surface area contributed by atoms with Crippen molar-refractivity contribution in [1.29, 1.82) is 0 Å². The van der Waals surface area contributed by atoms with Crippen LogP contribution >= 0.6 is 12.2 Å². The van der Waals surface area contributed by atoms with E-state index in [1.807, 2.05) is 43.3 Å². The van der Waals surface area contributed by atoms with Crippen LogP contribution in [0.15, 0.2) is 48.5 Å². The van der Waals surface area contributed by atoms with Crippen LogP contribution in [-0.4, -0.2) is 11.7 Å². The Balaban J connectivity index is 1.92. The third-order valence-electron chi connectivity index (χ3n) is 3.60. The number of unbranched alkanes of at least 4 members (excludes halogenated alkanes) is 2. The van der Waals surface area contributed by atoms with Crippen LogP contribution in [0.4, 0.5) is 0 Å². The maximum atomic E-state index is 5.75. The molecule has 23 heavy (non-hydrogen) atoms. The second-order valence-corrected chi connectivity index (χ2v) is 5.82. The fourth-order valence-electron chi connectivity index (χ4n) is 2.32. The van der Waals surface area contributed by atoms with Crippen molar-refractivity contribution in [1.82, 2.24) is 0 Å². The molecule has 0 bridgehead atoms. The summed E-state index contributed by atoms with van der Waals surface area (Å²) in [6.07, 6.45) is 4.89. The number of aryl methyl sites for hydroxylation is 1. The second kappa shape index (κ2) is 9.31. The van der Waals surface area contributed by atoms with E-state index in [0.717, 1.165) is 23.5 Å². The Kier molecular flexibility index (Phi) is 7.08. The first-order valence-electron chi connectivity index (χ1n) is 8.27. The molecule has 0 heterocycles. The van der Waals surface area contributed by atoms with Crippen LogP contribution in [0.1, 0.15) is 44.2 Å². The number of hydrogen-bond donors (Lipinski definition) is 0. The topological polar surface area (TPSA) is 18.5 Å². The normalized spacial score (nSPS) is 10.3. The molecule has 0 aromatic heterocycles. The number of rotatable bonds is 8. The van der Waals surface area contributed by atoms with Gasteiger partial charge in [-0.2, -0.15) is 0 Å². The molecule has 0 spiro atoms. The van der Waals surface area contributed by atoms with Crippen molar-refractivity contribution < 1.29 is 9.47 Å². The summed E-state index contributed by atoms with van der Waals surface area (Å²) in [5.41, 5.74) is 2.29. The standard InChI is InChI=1S/C20H24O2S/c1-3-5-6-7-16-8-10-17(11-9-16)20(23)22-19-14-12-18(13-15-19)21-4-2/h8-15H,3-7H2,1-2H3. The van der Waals surface area contributed by atoms with Crippen LogP contribution in [0.2, 0.25) is 0 Å². The molecule has 0 aliphatic heterocycles. The van der Waals surface area contributed by atoms with Crippen LogP contribution in [0, 0.1) is 0 Å². The molecule has 2 rings (SSSR count). The van der Waals surface area contributed by atoms with E-state index in [4.69, 9.17) is 21.7 Å². The zero-order chi connectivity index (χ0) is 16.5. The Morgan fingerprint density at radius 3 is 2.13 bits per heavy atom. The van der Waals surface area contributed by atoms with Gasteiger partial charge in [-0.1, -0.05) is 44.0 Å². The van der Waals surface area contributed by atoms with Crippen molar-refractivity contribution in [3.63, 3.8) is 0 Å². The fraction of sp³-hybridized carbons (Fsp3) is 0.350. The van der Waals surface area contributed by atoms with Crippen molar-refractivity contribution in [2.75, 3.05) is 6.61 Å². The van der Waals surface area contributed by atoms with E-state index in [2.05, 4.69) is 19.1 Å². The predicted molar refractivity (Wildman–Crippen MR) is 99.6 cm³/mol. The molecule has 0 aliphatic carbocycles. The monoisotopic (exact) mass is 328 g/mol. The van der Waals surface area contributed by atoms with Crippen LogP contribution in [0.25, 0.3) is 0 Å². The summed E-state index contributed by atoms with van der Waals surface area (Å²) in [6.45, 7) is 4.84. The summed E-state index contributed by atoms with van der Waals surface area (Å²) in [6, 6.07) is 15.9. The predicted octanol–water partition coefficient (Wildman–Crippen LogP) is 5.57. The summed E-state index contributed by atoms with van der Waals surface area (Å²) in [5.74, 6) is 1.56. The Morgan fingerprint density at radius 1 is 0.870 bits per heavy atom. The molecule has 3 heteroatoms. The molecule has 122 valence electrons. The average Bonchev–Trinajstić information content (AvgIpc) is 2.58. The first kappa shape index (κ1) is 17.5. The van der Waals surface area contributed by atoms with Gasteiger partial charge in [0.05, 0.1) is 6.61 Å². The first-order chi connectivity index (χ1) is 11.2. The molecular formula is C20H24O2S. The largest absolute Gasteiger partial charge is 0.494 e. The first-order valence-corrected chi connectivity index (χ1v) is 8.67. The van der Waals surface area contributed by atoms with Gasteiger partial charge in [-0.05, 0) is 61.8 Å². The lowest BCUT2D eigenvalue weighted by molar-refractivity contribution is 0.340. The lowest BCUT2D eigenvalue weighted by atomic mass is 10.1. The van der Waals surface area contributed by atoms with E-state index in [9.17, 15) is 0 Å². The third-order valence-corrected chi connectivity index (χ3v) is 3.92. The van der Waals surface area contributed by atoms with E-state index in [-0.39, 0.29) is 0 Å². The molecule has 2 aromatic rings. The molecule has 0 saturated heterocycles. The number of hydrogen-bond acceptors (Lipinski definition) is 3. The van der Waals surface area contributed by atoms with Crippen molar-refractivity contribution in [2.24, 2.45) is 0 Å².